The summed E-state index contributed by atoms with van der Waals surface area (Å²) in [5.41, 5.74) is -0.510. The van der Waals surface area contributed by atoms with E-state index >= 15 is 0 Å². The lowest BCUT2D eigenvalue weighted by molar-refractivity contribution is -0.152. The number of hydrogen-bond acceptors (Lipinski definition) is 4. The second-order valence-electron chi connectivity index (χ2n) is 4.03. The SMILES string of the molecule is CCOC(=O)NCCOC(=O)C(C)(C)C. The molecule has 0 saturated carbocycles. The lowest BCUT2D eigenvalue weighted by Crippen LogP contribution is -2.31. The molecule has 0 aliphatic carbocycles. The number of alkyl carbamates (subject to hydrolysis) is 1. The maximum atomic E-state index is 11.3. The van der Waals surface area contributed by atoms with Crippen molar-refractivity contribution in [1.82, 2.24) is 5.32 Å². The normalized spacial score (nSPS) is 10.7. The van der Waals surface area contributed by atoms with E-state index in [1.165, 1.54) is 0 Å². The fourth-order valence-electron chi connectivity index (χ4n) is 0.695. The van der Waals surface area contributed by atoms with E-state index in [4.69, 9.17) is 4.74 Å². The third-order valence-corrected chi connectivity index (χ3v) is 1.49. The highest BCUT2D eigenvalue weighted by molar-refractivity contribution is 5.75. The number of amides is 1. The third-order valence-electron chi connectivity index (χ3n) is 1.49. The molecule has 5 nitrogen and oxygen atoms in total. The second kappa shape index (κ2) is 6.27. The van der Waals surface area contributed by atoms with Crippen molar-refractivity contribution in [2.24, 2.45) is 5.41 Å². The minimum absolute atomic E-state index is 0.162. The van der Waals surface area contributed by atoms with Crippen LogP contribution in [0.3, 0.4) is 0 Å². The minimum Gasteiger partial charge on any atom is -0.463 e. The van der Waals surface area contributed by atoms with Gasteiger partial charge in [0.1, 0.15) is 6.61 Å². The van der Waals surface area contributed by atoms with Gasteiger partial charge in [0.25, 0.3) is 0 Å². The Morgan fingerprint density at radius 1 is 1.20 bits per heavy atom. The molecular formula is C10H19NO4. The zero-order valence-corrected chi connectivity index (χ0v) is 9.75. The Balaban J connectivity index is 3.55. The summed E-state index contributed by atoms with van der Waals surface area (Å²) in [6.45, 7) is 7.79. The van der Waals surface area contributed by atoms with Gasteiger partial charge in [-0.05, 0) is 27.7 Å². The average molecular weight is 217 g/mol. The van der Waals surface area contributed by atoms with Crippen LogP contribution in [-0.2, 0) is 14.3 Å². The summed E-state index contributed by atoms with van der Waals surface area (Å²) < 4.78 is 9.55. The number of hydrogen-bond donors (Lipinski definition) is 1. The van der Waals surface area contributed by atoms with Crippen molar-refractivity contribution in [3.05, 3.63) is 0 Å². The van der Waals surface area contributed by atoms with Gasteiger partial charge in [-0.2, -0.15) is 0 Å². The zero-order chi connectivity index (χ0) is 11.9. The first-order valence-electron chi connectivity index (χ1n) is 4.95. The van der Waals surface area contributed by atoms with Crippen molar-refractivity contribution in [3.8, 4) is 0 Å². The number of esters is 1. The van der Waals surface area contributed by atoms with Crippen molar-refractivity contribution in [3.63, 3.8) is 0 Å². The van der Waals surface area contributed by atoms with Gasteiger partial charge in [-0.1, -0.05) is 0 Å². The molecule has 0 aromatic carbocycles. The van der Waals surface area contributed by atoms with Crippen molar-refractivity contribution >= 4 is 12.1 Å². The average Bonchev–Trinajstić information content (AvgIpc) is 2.11. The molecule has 0 heterocycles. The van der Waals surface area contributed by atoms with Crippen LogP contribution in [0.2, 0.25) is 0 Å². The minimum atomic E-state index is -0.510. The molecule has 0 aliphatic heterocycles. The molecule has 0 aliphatic rings. The Hall–Kier alpha value is -1.26. The van der Waals surface area contributed by atoms with Gasteiger partial charge in [-0.25, -0.2) is 4.79 Å². The van der Waals surface area contributed by atoms with Crippen LogP contribution < -0.4 is 5.32 Å². The fourth-order valence-corrected chi connectivity index (χ4v) is 0.695. The van der Waals surface area contributed by atoms with E-state index in [0.29, 0.717) is 6.61 Å². The molecular weight excluding hydrogens is 198 g/mol. The molecule has 0 spiro atoms. The highest BCUT2D eigenvalue weighted by atomic mass is 16.6. The molecule has 1 amide bonds. The van der Waals surface area contributed by atoms with Crippen LogP contribution in [0.1, 0.15) is 27.7 Å². The smallest absolute Gasteiger partial charge is 0.407 e. The largest absolute Gasteiger partial charge is 0.463 e. The molecule has 15 heavy (non-hydrogen) atoms. The van der Waals surface area contributed by atoms with Gasteiger partial charge in [-0.3, -0.25) is 4.79 Å². The number of carbonyl (C=O) groups is 2. The van der Waals surface area contributed by atoms with Crippen LogP contribution in [0.4, 0.5) is 4.79 Å². The summed E-state index contributed by atoms with van der Waals surface area (Å²) in [4.78, 5) is 22.1. The number of rotatable bonds is 4. The molecule has 1 N–H and O–H groups in total. The topological polar surface area (TPSA) is 64.6 Å². The Labute approximate surface area is 90.1 Å². The molecule has 5 heteroatoms. The maximum Gasteiger partial charge on any atom is 0.407 e. The quantitative estimate of drug-likeness (QED) is 0.569. The summed E-state index contributed by atoms with van der Waals surface area (Å²) in [5, 5.41) is 2.45. The standard InChI is InChI=1S/C10H19NO4/c1-5-14-9(13)11-6-7-15-8(12)10(2,3)4/h5-7H2,1-4H3,(H,11,13). The van der Waals surface area contributed by atoms with Crippen LogP contribution in [-0.4, -0.2) is 31.8 Å². The summed E-state index contributed by atoms with van der Waals surface area (Å²) in [6, 6.07) is 0. The summed E-state index contributed by atoms with van der Waals surface area (Å²) in [6.07, 6.45) is -0.496. The van der Waals surface area contributed by atoms with Crippen LogP contribution in [0.15, 0.2) is 0 Å². The summed E-state index contributed by atoms with van der Waals surface area (Å²) in [7, 11) is 0. The Morgan fingerprint density at radius 2 is 1.80 bits per heavy atom. The van der Waals surface area contributed by atoms with Crippen molar-refractivity contribution < 1.29 is 19.1 Å². The number of carbonyl (C=O) groups excluding carboxylic acids is 2. The third kappa shape index (κ3) is 6.76. The van der Waals surface area contributed by atoms with E-state index in [9.17, 15) is 9.59 Å². The molecule has 0 rings (SSSR count). The Kier molecular flexibility index (Phi) is 5.74. The molecule has 0 atom stereocenters. The van der Waals surface area contributed by atoms with E-state index in [1.807, 2.05) is 0 Å². The van der Waals surface area contributed by atoms with E-state index < -0.39 is 11.5 Å². The van der Waals surface area contributed by atoms with Crippen LogP contribution in [0.5, 0.6) is 0 Å². The van der Waals surface area contributed by atoms with Gasteiger partial charge < -0.3 is 14.8 Å². The maximum absolute atomic E-state index is 11.3. The van der Waals surface area contributed by atoms with Gasteiger partial charge in [-0.15, -0.1) is 0 Å². The van der Waals surface area contributed by atoms with Crippen LogP contribution in [0.25, 0.3) is 0 Å². The lowest BCUT2D eigenvalue weighted by Gasteiger charge is -2.16. The zero-order valence-electron chi connectivity index (χ0n) is 9.75. The van der Waals surface area contributed by atoms with E-state index in [-0.39, 0.29) is 19.1 Å². The highest BCUT2D eigenvalue weighted by Crippen LogP contribution is 2.14. The van der Waals surface area contributed by atoms with Gasteiger partial charge >= 0.3 is 12.1 Å². The lowest BCUT2D eigenvalue weighted by atomic mass is 9.97. The summed E-state index contributed by atoms with van der Waals surface area (Å²) >= 11 is 0. The fraction of sp³-hybridized carbons (Fsp3) is 0.800. The van der Waals surface area contributed by atoms with Gasteiger partial charge in [0.05, 0.1) is 18.6 Å². The molecule has 0 bridgehead atoms. The van der Waals surface area contributed by atoms with Crippen LogP contribution in [0, 0.1) is 5.41 Å². The predicted molar refractivity (Wildman–Crippen MR) is 55.4 cm³/mol. The van der Waals surface area contributed by atoms with Crippen LogP contribution >= 0.6 is 0 Å². The molecule has 88 valence electrons. The first kappa shape index (κ1) is 13.7. The molecule has 0 fully saturated rings. The number of ether oxygens (including phenoxy) is 2. The van der Waals surface area contributed by atoms with Crippen molar-refractivity contribution in [2.75, 3.05) is 19.8 Å². The van der Waals surface area contributed by atoms with E-state index in [0.717, 1.165) is 0 Å². The monoisotopic (exact) mass is 217 g/mol. The van der Waals surface area contributed by atoms with Gasteiger partial charge in [0, 0.05) is 0 Å². The Bertz CT molecular complexity index is 220. The molecule has 0 aromatic heterocycles. The molecule has 0 saturated heterocycles. The predicted octanol–water partition coefficient (Wildman–Crippen LogP) is 1.32. The first-order chi connectivity index (χ1) is 6.88. The summed E-state index contributed by atoms with van der Waals surface area (Å²) in [5.74, 6) is -0.284. The van der Waals surface area contributed by atoms with Crippen molar-refractivity contribution in [1.29, 1.82) is 0 Å². The van der Waals surface area contributed by atoms with E-state index in [1.54, 1.807) is 27.7 Å². The van der Waals surface area contributed by atoms with E-state index in [2.05, 4.69) is 10.1 Å². The van der Waals surface area contributed by atoms with Crippen molar-refractivity contribution in [2.45, 2.75) is 27.7 Å². The highest BCUT2D eigenvalue weighted by Gasteiger charge is 2.22. The number of nitrogens with one attached hydrogen (secondary N) is 1. The van der Waals surface area contributed by atoms with Gasteiger partial charge in [0.15, 0.2) is 0 Å². The molecule has 0 aromatic rings. The Morgan fingerprint density at radius 3 is 2.27 bits per heavy atom. The first-order valence-corrected chi connectivity index (χ1v) is 4.95. The molecule has 0 unspecified atom stereocenters. The van der Waals surface area contributed by atoms with Gasteiger partial charge in [0.2, 0.25) is 0 Å². The second-order valence-corrected chi connectivity index (χ2v) is 4.03. The molecule has 0 radical (unpaired) electrons.